The van der Waals surface area contributed by atoms with Crippen LogP contribution in [-0.2, 0) is 0 Å². The van der Waals surface area contributed by atoms with E-state index >= 15 is 0 Å². The Balaban J connectivity index is 0.000000158. The van der Waals surface area contributed by atoms with E-state index < -0.39 is 0 Å². The summed E-state index contributed by atoms with van der Waals surface area (Å²) in [5.74, 6) is 0.525. The minimum atomic E-state index is 0.0752. The molecular formula is C29H24O2S. The van der Waals surface area contributed by atoms with Crippen molar-refractivity contribution in [2.45, 2.75) is 19.8 Å². The molecule has 0 amide bonds. The molecule has 0 unspecified atom stereocenters. The maximum Gasteiger partial charge on any atom is 0.195 e. The van der Waals surface area contributed by atoms with Gasteiger partial charge in [-0.15, -0.1) is 11.3 Å². The van der Waals surface area contributed by atoms with Crippen LogP contribution >= 0.6 is 11.3 Å². The Kier molecular flexibility index (Phi) is 6.58. The fraction of sp³-hybridized carbons (Fsp3) is 0.103. The van der Waals surface area contributed by atoms with E-state index in [-0.39, 0.29) is 11.2 Å². The molecule has 0 aliphatic carbocycles. The van der Waals surface area contributed by atoms with Crippen molar-refractivity contribution in [1.29, 1.82) is 0 Å². The van der Waals surface area contributed by atoms with Crippen molar-refractivity contribution in [2.75, 3.05) is 0 Å². The quantitative estimate of drug-likeness (QED) is 0.217. The van der Waals surface area contributed by atoms with Crippen LogP contribution in [0.15, 0.2) is 108 Å². The van der Waals surface area contributed by atoms with Crippen LogP contribution in [0.3, 0.4) is 0 Å². The Hall–Kier alpha value is -3.56. The summed E-state index contributed by atoms with van der Waals surface area (Å²) in [5.41, 5.74) is 2.85. The number of carbonyl (C=O) groups is 1. The van der Waals surface area contributed by atoms with E-state index in [1.165, 1.54) is 5.56 Å². The van der Waals surface area contributed by atoms with E-state index in [0.29, 0.717) is 5.92 Å². The minimum Gasteiger partial charge on any atom is -0.289 e. The van der Waals surface area contributed by atoms with Gasteiger partial charge < -0.3 is 0 Å². The summed E-state index contributed by atoms with van der Waals surface area (Å²) in [6, 6.07) is 32.7. The van der Waals surface area contributed by atoms with Crippen molar-refractivity contribution >= 4 is 37.3 Å². The van der Waals surface area contributed by atoms with Crippen molar-refractivity contribution in [3.05, 3.63) is 130 Å². The van der Waals surface area contributed by atoms with Gasteiger partial charge in [0, 0.05) is 31.3 Å². The van der Waals surface area contributed by atoms with Crippen molar-refractivity contribution in [2.24, 2.45) is 0 Å². The highest BCUT2D eigenvalue weighted by atomic mass is 32.1. The molecule has 0 aliphatic rings. The van der Waals surface area contributed by atoms with Crippen LogP contribution in [0.25, 0.3) is 20.2 Å². The molecule has 1 aromatic heterocycles. The molecule has 0 saturated heterocycles. The molecule has 158 valence electrons. The molecule has 3 heteroatoms. The van der Waals surface area contributed by atoms with Gasteiger partial charge in [0.1, 0.15) is 0 Å². The largest absolute Gasteiger partial charge is 0.289 e. The summed E-state index contributed by atoms with van der Waals surface area (Å²) in [6.07, 6.45) is 0. The van der Waals surface area contributed by atoms with E-state index in [2.05, 4.69) is 26.0 Å². The molecule has 0 bridgehead atoms. The lowest BCUT2D eigenvalue weighted by atomic mass is 10.0. The number of carbonyl (C=O) groups excluding carboxylic acids is 1. The van der Waals surface area contributed by atoms with Gasteiger partial charge in [-0.3, -0.25) is 9.59 Å². The van der Waals surface area contributed by atoms with E-state index in [9.17, 15) is 9.59 Å². The Morgan fingerprint density at radius 2 is 1.19 bits per heavy atom. The Labute approximate surface area is 191 Å². The molecule has 0 spiro atoms. The monoisotopic (exact) mass is 436 g/mol. The molecule has 4 aromatic carbocycles. The first-order chi connectivity index (χ1) is 15.5. The molecule has 0 fully saturated rings. The van der Waals surface area contributed by atoms with Gasteiger partial charge in [-0.05, 0) is 35.7 Å². The highest BCUT2D eigenvalue weighted by Gasteiger charge is 2.08. The Morgan fingerprint density at radius 3 is 1.78 bits per heavy atom. The van der Waals surface area contributed by atoms with Crippen LogP contribution in [0.1, 0.15) is 41.3 Å². The Bertz CT molecular complexity index is 1380. The zero-order chi connectivity index (χ0) is 22.5. The molecule has 0 saturated carbocycles. The number of fused-ring (bicyclic) bond motifs is 2. The van der Waals surface area contributed by atoms with Crippen molar-refractivity contribution in [1.82, 2.24) is 0 Å². The maximum atomic E-state index is 12.5. The first kappa shape index (κ1) is 21.7. The summed E-state index contributed by atoms with van der Waals surface area (Å²) in [6.45, 7) is 4.30. The smallest absolute Gasteiger partial charge is 0.195 e. The summed E-state index contributed by atoms with van der Waals surface area (Å²) >= 11 is 1.69. The zero-order valence-electron chi connectivity index (χ0n) is 18.1. The molecule has 0 aliphatic heterocycles. The third kappa shape index (κ3) is 4.68. The number of rotatable bonds is 3. The van der Waals surface area contributed by atoms with Crippen molar-refractivity contribution in [3.63, 3.8) is 0 Å². The molecular weight excluding hydrogens is 412 g/mol. The van der Waals surface area contributed by atoms with Gasteiger partial charge in [0.2, 0.25) is 0 Å². The summed E-state index contributed by atoms with van der Waals surface area (Å²) in [5, 5.41) is 1.68. The lowest BCUT2D eigenvalue weighted by molar-refractivity contribution is 0.103. The standard InChI is InChI=1S/C16H14OS.C13H10O/c1-10(2)11-7-8-15-13(9-11)16(17)12-5-3-4-6-14(12)18-15;14-13(11-7-3-1-4-8-11)12-9-5-2-6-10-12/h3-10H,1-2H3;1-10H. The van der Waals surface area contributed by atoms with Gasteiger partial charge in [-0.25, -0.2) is 0 Å². The molecule has 5 rings (SSSR count). The lowest BCUT2D eigenvalue weighted by Crippen LogP contribution is -2.01. The predicted molar refractivity (Wildman–Crippen MR) is 136 cm³/mol. The molecule has 0 radical (unpaired) electrons. The zero-order valence-corrected chi connectivity index (χ0v) is 18.9. The normalized spacial score (nSPS) is 10.7. The first-order valence-corrected chi connectivity index (χ1v) is 11.5. The molecule has 0 N–H and O–H groups in total. The average Bonchev–Trinajstić information content (AvgIpc) is 2.85. The molecule has 0 atom stereocenters. The van der Waals surface area contributed by atoms with Crippen molar-refractivity contribution < 1.29 is 4.79 Å². The third-order valence-electron chi connectivity index (χ3n) is 5.34. The van der Waals surface area contributed by atoms with Crippen LogP contribution in [0.5, 0.6) is 0 Å². The van der Waals surface area contributed by atoms with Crippen LogP contribution < -0.4 is 5.43 Å². The molecule has 5 aromatic rings. The Morgan fingerprint density at radius 1 is 0.656 bits per heavy atom. The number of ketones is 1. The fourth-order valence-corrected chi connectivity index (χ4v) is 4.58. The number of benzene rings is 4. The second-order valence-corrected chi connectivity index (χ2v) is 8.98. The first-order valence-electron chi connectivity index (χ1n) is 10.6. The van der Waals surface area contributed by atoms with Gasteiger partial charge in [-0.2, -0.15) is 0 Å². The average molecular weight is 437 g/mol. The fourth-order valence-electron chi connectivity index (χ4n) is 3.53. The van der Waals surface area contributed by atoms with Gasteiger partial charge in [0.15, 0.2) is 11.2 Å². The van der Waals surface area contributed by atoms with E-state index in [1.54, 1.807) is 11.3 Å². The lowest BCUT2D eigenvalue weighted by Gasteiger charge is -2.07. The third-order valence-corrected chi connectivity index (χ3v) is 6.49. The second kappa shape index (κ2) is 9.71. The molecule has 32 heavy (non-hydrogen) atoms. The maximum absolute atomic E-state index is 12.5. The van der Waals surface area contributed by atoms with E-state index in [0.717, 1.165) is 31.3 Å². The predicted octanol–water partition coefficient (Wildman–Crippen LogP) is 7.46. The molecule has 1 heterocycles. The molecule has 2 nitrogen and oxygen atoms in total. The summed E-state index contributed by atoms with van der Waals surface area (Å²) in [4.78, 5) is 24.3. The topological polar surface area (TPSA) is 34.1 Å². The number of hydrogen-bond acceptors (Lipinski definition) is 3. The highest BCUT2D eigenvalue weighted by Crippen LogP contribution is 2.27. The van der Waals surface area contributed by atoms with Crippen molar-refractivity contribution in [3.8, 4) is 0 Å². The number of hydrogen-bond donors (Lipinski definition) is 0. The van der Waals surface area contributed by atoms with Gasteiger partial charge in [0.25, 0.3) is 0 Å². The highest BCUT2D eigenvalue weighted by molar-refractivity contribution is 7.24. The van der Waals surface area contributed by atoms with Crippen LogP contribution in [-0.4, -0.2) is 5.78 Å². The van der Waals surface area contributed by atoms with Crippen LogP contribution in [0.2, 0.25) is 0 Å². The second-order valence-electron chi connectivity index (χ2n) is 7.90. The summed E-state index contributed by atoms with van der Waals surface area (Å²) in [7, 11) is 0. The van der Waals surface area contributed by atoms with Gasteiger partial charge >= 0.3 is 0 Å². The van der Waals surface area contributed by atoms with Gasteiger partial charge in [-0.1, -0.05) is 92.7 Å². The SMILES string of the molecule is CC(C)c1ccc2sc3ccccc3c(=O)c2c1.O=C(c1ccccc1)c1ccccc1. The summed E-state index contributed by atoms with van der Waals surface area (Å²) < 4.78 is 2.13. The van der Waals surface area contributed by atoms with E-state index in [1.807, 2.05) is 91.0 Å². The minimum absolute atomic E-state index is 0.0752. The van der Waals surface area contributed by atoms with E-state index in [4.69, 9.17) is 0 Å². The van der Waals surface area contributed by atoms with Crippen LogP contribution in [0, 0.1) is 0 Å². The van der Waals surface area contributed by atoms with Crippen LogP contribution in [0.4, 0.5) is 0 Å². The van der Waals surface area contributed by atoms with Gasteiger partial charge in [0.05, 0.1) is 0 Å².